The molecule has 1 aliphatic heterocycles. The molecule has 1 aromatic carbocycles. The molecule has 0 aromatic heterocycles. The number of benzene rings is 1. The van der Waals surface area contributed by atoms with Gasteiger partial charge in [-0.05, 0) is 19.1 Å². The van der Waals surface area contributed by atoms with Crippen LogP contribution in [0.4, 0.5) is 5.69 Å². The third-order valence-electron chi connectivity index (χ3n) is 2.21. The van der Waals surface area contributed by atoms with Crippen LogP contribution in [0.2, 0.25) is 0 Å². The Morgan fingerprint density at radius 2 is 2.00 bits per heavy atom. The number of likely N-dealkylation sites (N-methyl/N-ethyl adjacent to an activating group) is 1. The Labute approximate surface area is 95.0 Å². The smallest absolute Gasteiger partial charge is 0.267 e. The van der Waals surface area contributed by atoms with Crippen molar-refractivity contribution in [2.24, 2.45) is 0 Å². The number of hydrogen-bond acceptors (Lipinski definition) is 3. The van der Waals surface area contributed by atoms with E-state index in [0.717, 1.165) is 11.4 Å². The third kappa shape index (κ3) is 2.31. The number of anilines is 1. The number of para-hydroxylation sites is 2. The van der Waals surface area contributed by atoms with Crippen LogP contribution in [0.25, 0.3) is 0 Å². The van der Waals surface area contributed by atoms with Crippen molar-refractivity contribution in [2.45, 2.75) is 20.0 Å². The normalized spacial score (nSPS) is 17.5. The van der Waals surface area contributed by atoms with Crippen LogP contribution < -0.4 is 9.64 Å². The summed E-state index contributed by atoms with van der Waals surface area (Å²) in [6, 6.07) is 9.28. The van der Waals surface area contributed by atoms with Gasteiger partial charge < -0.3 is 9.64 Å². The van der Waals surface area contributed by atoms with Crippen LogP contribution in [0.1, 0.15) is 13.8 Å². The summed E-state index contributed by atoms with van der Waals surface area (Å²) in [5, 5.41) is 7.32. The zero-order valence-corrected chi connectivity index (χ0v) is 9.60. The fourth-order valence-corrected chi connectivity index (χ4v) is 1.47. The highest BCUT2D eigenvalue weighted by Crippen LogP contribution is 2.32. The lowest BCUT2D eigenvalue weighted by Crippen LogP contribution is -2.41. The van der Waals surface area contributed by atoms with E-state index >= 15 is 0 Å². The minimum Gasteiger partial charge on any atom is -0.479 e. The summed E-state index contributed by atoms with van der Waals surface area (Å²) in [5.74, 6) is 0.774. The molecule has 16 heavy (non-hydrogen) atoms. The van der Waals surface area contributed by atoms with Gasteiger partial charge in [0.1, 0.15) is 5.75 Å². The van der Waals surface area contributed by atoms with Crippen molar-refractivity contribution < 1.29 is 9.53 Å². The number of fused-ring (bicyclic) bond motifs is 1. The second-order valence-electron chi connectivity index (χ2n) is 3.35. The molecule has 0 bridgehead atoms. The molecule has 0 spiro atoms. The number of amides is 1. The first kappa shape index (κ1) is 12.1. The first-order chi connectivity index (χ1) is 7.61. The van der Waals surface area contributed by atoms with E-state index in [1.165, 1.54) is 6.92 Å². The van der Waals surface area contributed by atoms with Gasteiger partial charge in [0.15, 0.2) is 6.10 Å². The summed E-state index contributed by atoms with van der Waals surface area (Å²) in [6.45, 7) is 3.19. The van der Waals surface area contributed by atoms with Gasteiger partial charge in [-0.1, -0.05) is 12.1 Å². The molecule has 2 rings (SSSR count). The maximum absolute atomic E-state index is 11.5. The van der Waals surface area contributed by atoms with E-state index in [1.807, 2.05) is 24.3 Å². The summed E-state index contributed by atoms with van der Waals surface area (Å²) in [6.07, 6.45) is -0.375. The lowest BCUT2D eigenvalue weighted by atomic mass is 10.2. The highest BCUT2D eigenvalue weighted by molar-refractivity contribution is 5.99. The number of nitriles is 1. The Kier molecular flexibility index (Phi) is 3.90. The Bertz CT molecular complexity index is 423. The fourth-order valence-electron chi connectivity index (χ4n) is 1.47. The van der Waals surface area contributed by atoms with Gasteiger partial charge in [-0.25, -0.2) is 0 Å². The van der Waals surface area contributed by atoms with Gasteiger partial charge in [-0.3, -0.25) is 4.79 Å². The Morgan fingerprint density at radius 3 is 2.62 bits per heavy atom. The molecular weight excluding hydrogens is 204 g/mol. The van der Waals surface area contributed by atoms with Crippen molar-refractivity contribution in [3.63, 3.8) is 0 Å². The third-order valence-corrected chi connectivity index (χ3v) is 2.21. The van der Waals surface area contributed by atoms with Crippen molar-refractivity contribution in [3.8, 4) is 11.8 Å². The Balaban J connectivity index is 0.000000386. The molecule has 0 fully saturated rings. The minimum atomic E-state index is -0.375. The van der Waals surface area contributed by atoms with Crippen LogP contribution in [-0.2, 0) is 4.79 Å². The van der Waals surface area contributed by atoms with Crippen LogP contribution in [0, 0.1) is 11.3 Å². The van der Waals surface area contributed by atoms with Gasteiger partial charge in [0.25, 0.3) is 5.91 Å². The summed E-state index contributed by atoms with van der Waals surface area (Å²) < 4.78 is 5.42. The van der Waals surface area contributed by atoms with E-state index in [-0.39, 0.29) is 12.0 Å². The van der Waals surface area contributed by atoms with Gasteiger partial charge in [0, 0.05) is 14.0 Å². The zero-order chi connectivity index (χ0) is 12.1. The van der Waals surface area contributed by atoms with Crippen molar-refractivity contribution in [1.29, 1.82) is 5.26 Å². The van der Waals surface area contributed by atoms with Crippen molar-refractivity contribution in [3.05, 3.63) is 24.3 Å². The molecule has 1 atom stereocenters. The summed E-state index contributed by atoms with van der Waals surface area (Å²) in [7, 11) is 1.76. The summed E-state index contributed by atoms with van der Waals surface area (Å²) in [4.78, 5) is 13.1. The van der Waals surface area contributed by atoms with Gasteiger partial charge in [-0.2, -0.15) is 5.26 Å². The number of hydrogen-bond donors (Lipinski definition) is 0. The number of nitrogens with zero attached hydrogens (tertiary/aromatic N) is 2. The lowest BCUT2D eigenvalue weighted by Gasteiger charge is -2.29. The van der Waals surface area contributed by atoms with Gasteiger partial charge in [-0.15, -0.1) is 0 Å². The summed E-state index contributed by atoms with van der Waals surface area (Å²) in [5.41, 5.74) is 0.839. The Morgan fingerprint density at radius 1 is 1.44 bits per heavy atom. The first-order valence-corrected chi connectivity index (χ1v) is 4.96. The molecule has 1 aromatic rings. The lowest BCUT2D eigenvalue weighted by molar-refractivity contribution is -0.125. The molecule has 4 heteroatoms. The predicted molar refractivity (Wildman–Crippen MR) is 61.2 cm³/mol. The fraction of sp³-hybridized carbons (Fsp3) is 0.333. The number of carbonyl (C=O) groups is 1. The predicted octanol–water partition coefficient (Wildman–Crippen LogP) is 1.96. The second kappa shape index (κ2) is 5.17. The highest BCUT2D eigenvalue weighted by Gasteiger charge is 2.27. The molecule has 1 heterocycles. The van der Waals surface area contributed by atoms with E-state index in [2.05, 4.69) is 0 Å². The van der Waals surface area contributed by atoms with Crippen molar-refractivity contribution >= 4 is 11.6 Å². The standard InChI is InChI=1S/C10H11NO2.C2H3N/c1-7-10(12)11(2)8-5-3-4-6-9(8)13-7;1-2-3/h3-7H,1-2H3;1H3. The molecule has 84 valence electrons. The van der Waals surface area contributed by atoms with Crippen LogP contribution in [0.3, 0.4) is 0 Å². The average Bonchev–Trinajstić information content (AvgIpc) is 2.27. The number of ether oxygens (including phenoxy) is 1. The Hall–Kier alpha value is -2.02. The maximum Gasteiger partial charge on any atom is 0.267 e. The zero-order valence-electron chi connectivity index (χ0n) is 9.60. The molecular formula is C12H14N2O2. The highest BCUT2D eigenvalue weighted by atomic mass is 16.5. The quantitative estimate of drug-likeness (QED) is 0.668. The molecule has 1 amide bonds. The van der Waals surface area contributed by atoms with Gasteiger partial charge >= 0.3 is 0 Å². The number of rotatable bonds is 0. The van der Waals surface area contributed by atoms with Crippen LogP contribution in [-0.4, -0.2) is 19.1 Å². The molecule has 0 aliphatic carbocycles. The van der Waals surface area contributed by atoms with E-state index in [4.69, 9.17) is 10.00 Å². The largest absolute Gasteiger partial charge is 0.479 e. The van der Waals surface area contributed by atoms with E-state index in [0.29, 0.717) is 0 Å². The van der Waals surface area contributed by atoms with Gasteiger partial charge in [0.2, 0.25) is 0 Å². The molecule has 4 nitrogen and oxygen atoms in total. The molecule has 1 unspecified atom stereocenters. The van der Waals surface area contributed by atoms with Crippen LogP contribution in [0.15, 0.2) is 24.3 Å². The van der Waals surface area contributed by atoms with E-state index < -0.39 is 0 Å². The monoisotopic (exact) mass is 218 g/mol. The molecule has 0 radical (unpaired) electrons. The van der Waals surface area contributed by atoms with E-state index in [1.54, 1.807) is 24.9 Å². The topological polar surface area (TPSA) is 53.3 Å². The van der Waals surface area contributed by atoms with Crippen molar-refractivity contribution in [1.82, 2.24) is 0 Å². The maximum atomic E-state index is 11.5. The minimum absolute atomic E-state index is 0.00120. The average molecular weight is 218 g/mol. The van der Waals surface area contributed by atoms with Crippen LogP contribution >= 0.6 is 0 Å². The number of carbonyl (C=O) groups excluding carboxylic acids is 1. The SMILES string of the molecule is CC#N.CC1Oc2ccccc2N(C)C1=O. The first-order valence-electron chi connectivity index (χ1n) is 4.96. The van der Waals surface area contributed by atoms with Crippen molar-refractivity contribution in [2.75, 3.05) is 11.9 Å². The second-order valence-corrected chi connectivity index (χ2v) is 3.35. The molecule has 1 aliphatic rings. The van der Waals surface area contributed by atoms with Crippen LogP contribution in [0.5, 0.6) is 5.75 Å². The molecule has 0 saturated heterocycles. The molecule has 0 saturated carbocycles. The summed E-state index contributed by atoms with van der Waals surface area (Å²) >= 11 is 0. The van der Waals surface area contributed by atoms with Gasteiger partial charge in [0.05, 0.1) is 11.8 Å². The van der Waals surface area contributed by atoms with E-state index in [9.17, 15) is 4.79 Å². The molecule has 0 N–H and O–H groups in total.